The third-order valence-electron chi connectivity index (χ3n) is 3.06. The summed E-state index contributed by atoms with van der Waals surface area (Å²) in [6.07, 6.45) is 2.75. The zero-order chi connectivity index (χ0) is 9.84. The summed E-state index contributed by atoms with van der Waals surface area (Å²) in [5.74, 6) is 2.30. The first-order chi connectivity index (χ1) is 6.13. The smallest absolute Gasteiger partial charge is 0.0261 e. The second-order valence-corrected chi connectivity index (χ2v) is 5.05. The molecule has 1 saturated heterocycles. The third-order valence-corrected chi connectivity index (χ3v) is 3.58. The lowest BCUT2D eigenvalue weighted by atomic mass is 9.94. The molecule has 0 radical (unpaired) electrons. The minimum atomic E-state index is 0.634. The lowest BCUT2D eigenvalue weighted by molar-refractivity contribution is 0.112. The maximum atomic E-state index is 5.83. The van der Waals surface area contributed by atoms with E-state index in [2.05, 4.69) is 25.7 Å². The van der Waals surface area contributed by atoms with Gasteiger partial charge in [-0.05, 0) is 31.6 Å². The molecule has 0 aromatic rings. The molecule has 1 nitrogen and oxygen atoms in total. The van der Waals surface area contributed by atoms with E-state index in [1.807, 2.05) is 0 Å². The number of alkyl halides is 1. The zero-order valence-electron chi connectivity index (χ0n) is 9.09. The molecule has 0 saturated carbocycles. The van der Waals surface area contributed by atoms with E-state index in [1.165, 1.54) is 25.9 Å². The summed E-state index contributed by atoms with van der Waals surface area (Å²) in [6.45, 7) is 9.37. The molecule has 0 aliphatic carbocycles. The molecule has 78 valence electrons. The van der Waals surface area contributed by atoms with Crippen LogP contribution in [0.25, 0.3) is 0 Å². The molecule has 0 N–H and O–H groups in total. The van der Waals surface area contributed by atoms with Crippen molar-refractivity contribution in [1.29, 1.82) is 0 Å². The van der Waals surface area contributed by atoms with Crippen LogP contribution < -0.4 is 0 Å². The van der Waals surface area contributed by atoms with Crippen LogP contribution in [0.2, 0.25) is 0 Å². The quantitative estimate of drug-likeness (QED) is 0.638. The van der Waals surface area contributed by atoms with Gasteiger partial charge in [-0.3, -0.25) is 0 Å². The fourth-order valence-corrected chi connectivity index (χ4v) is 2.18. The molecular formula is C11H22ClN. The predicted molar refractivity (Wildman–Crippen MR) is 59.3 cm³/mol. The lowest BCUT2D eigenvalue weighted by Crippen LogP contribution is -2.43. The van der Waals surface area contributed by atoms with Gasteiger partial charge < -0.3 is 4.90 Å². The average molecular weight is 204 g/mol. The van der Waals surface area contributed by atoms with Crippen molar-refractivity contribution >= 4 is 11.6 Å². The van der Waals surface area contributed by atoms with Crippen LogP contribution in [0.4, 0.5) is 0 Å². The molecule has 2 heteroatoms. The van der Waals surface area contributed by atoms with Crippen molar-refractivity contribution in [3.63, 3.8) is 0 Å². The Morgan fingerprint density at radius 1 is 1.38 bits per heavy atom. The maximum absolute atomic E-state index is 5.83. The van der Waals surface area contributed by atoms with Crippen molar-refractivity contribution in [3.05, 3.63) is 0 Å². The number of halogens is 1. The molecule has 0 amide bonds. The highest BCUT2D eigenvalue weighted by Crippen LogP contribution is 2.22. The summed E-state index contributed by atoms with van der Waals surface area (Å²) in [6, 6.07) is 0.766. The first kappa shape index (κ1) is 11.3. The minimum absolute atomic E-state index is 0.634. The molecule has 13 heavy (non-hydrogen) atoms. The number of rotatable bonds is 3. The lowest BCUT2D eigenvalue weighted by Gasteiger charge is -2.38. The van der Waals surface area contributed by atoms with Crippen LogP contribution in [0.15, 0.2) is 0 Å². The highest BCUT2D eigenvalue weighted by molar-refractivity contribution is 6.18. The molecule has 1 aliphatic heterocycles. The van der Waals surface area contributed by atoms with Gasteiger partial charge in [0.1, 0.15) is 0 Å². The van der Waals surface area contributed by atoms with Crippen LogP contribution in [0.5, 0.6) is 0 Å². The van der Waals surface area contributed by atoms with Gasteiger partial charge >= 0.3 is 0 Å². The molecule has 3 unspecified atom stereocenters. The Labute approximate surface area is 87.4 Å². The molecule has 0 spiro atoms. The van der Waals surface area contributed by atoms with E-state index in [-0.39, 0.29) is 0 Å². The van der Waals surface area contributed by atoms with Crippen LogP contribution in [0, 0.1) is 11.8 Å². The molecule has 1 aliphatic rings. The molecular weight excluding hydrogens is 182 g/mol. The number of likely N-dealkylation sites (tertiary alicyclic amines) is 1. The molecule has 1 heterocycles. The molecule has 3 atom stereocenters. The standard InChI is InChI=1S/C11H22ClN/c1-9-4-5-11(3)13(7-9)8-10(2)6-12/h9-11H,4-8H2,1-3H3. The van der Waals surface area contributed by atoms with Gasteiger partial charge in [0, 0.05) is 25.0 Å². The van der Waals surface area contributed by atoms with Crippen molar-refractivity contribution < 1.29 is 0 Å². The van der Waals surface area contributed by atoms with Gasteiger partial charge in [0.15, 0.2) is 0 Å². The highest BCUT2D eigenvalue weighted by atomic mass is 35.5. The van der Waals surface area contributed by atoms with E-state index in [1.54, 1.807) is 0 Å². The van der Waals surface area contributed by atoms with Crippen molar-refractivity contribution in [1.82, 2.24) is 4.90 Å². The summed E-state index contributed by atoms with van der Waals surface area (Å²) >= 11 is 5.83. The number of hydrogen-bond donors (Lipinski definition) is 0. The third kappa shape index (κ3) is 3.47. The van der Waals surface area contributed by atoms with E-state index < -0.39 is 0 Å². The van der Waals surface area contributed by atoms with Gasteiger partial charge in [-0.2, -0.15) is 0 Å². The Hall–Kier alpha value is 0.250. The summed E-state index contributed by atoms with van der Waals surface area (Å²) < 4.78 is 0. The maximum Gasteiger partial charge on any atom is 0.0261 e. The summed E-state index contributed by atoms with van der Waals surface area (Å²) in [5, 5.41) is 0. The minimum Gasteiger partial charge on any atom is -0.300 e. The number of hydrogen-bond acceptors (Lipinski definition) is 1. The summed E-state index contributed by atoms with van der Waals surface area (Å²) in [7, 11) is 0. The fourth-order valence-electron chi connectivity index (χ4n) is 2.08. The number of nitrogens with zero attached hydrogens (tertiary/aromatic N) is 1. The van der Waals surface area contributed by atoms with Gasteiger partial charge in [0.25, 0.3) is 0 Å². The van der Waals surface area contributed by atoms with Crippen LogP contribution in [0.1, 0.15) is 33.6 Å². The first-order valence-electron chi connectivity index (χ1n) is 5.43. The van der Waals surface area contributed by atoms with E-state index >= 15 is 0 Å². The molecule has 0 aromatic heterocycles. The van der Waals surface area contributed by atoms with Crippen molar-refractivity contribution in [2.24, 2.45) is 11.8 Å². The van der Waals surface area contributed by atoms with Crippen LogP contribution >= 0.6 is 11.6 Å². The van der Waals surface area contributed by atoms with Crippen molar-refractivity contribution in [3.8, 4) is 0 Å². The normalized spacial score (nSPS) is 33.2. The topological polar surface area (TPSA) is 3.24 Å². The van der Waals surface area contributed by atoms with E-state index in [0.29, 0.717) is 5.92 Å². The summed E-state index contributed by atoms with van der Waals surface area (Å²) in [5.41, 5.74) is 0. The zero-order valence-corrected chi connectivity index (χ0v) is 9.85. The SMILES string of the molecule is CC(CCl)CN1CC(C)CCC1C. The molecule has 0 bridgehead atoms. The van der Waals surface area contributed by atoms with Crippen molar-refractivity contribution in [2.75, 3.05) is 19.0 Å². The van der Waals surface area contributed by atoms with Gasteiger partial charge in [0.2, 0.25) is 0 Å². The molecule has 1 fully saturated rings. The Morgan fingerprint density at radius 3 is 2.69 bits per heavy atom. The Kier molecular flexibility index (Phi) is 4.54. The molecule has 0 aromatic carbocycles. The first-order valence-corrected chi connectivity index (χ1v) is 5.97. The van der Waals surface area contributed by atoms with Crippen LogP contribution in [0.3, 0.4) is 0 Å². The molecule has 1 rings (SSSR count). The Balaban J connectivity index is 2.37. The Bertz CT molecular complexity index is 149. The number of piperidine rings is 1. The van der Waals surface area contributed by atoms with Crippen LogP contribution in [-0.4, -0.2) is 29.9 Å². The predicted octanol–water partition coefficient (Wildman–Crippen LogP) is 2.98. The monoisotopic (exact) mass is 203 g/mol. The second kappa shape index (κ2) is 5.21. The average Bonchev–Trinajstić information content (AvgIpc) is 2.11. The highest BCUT2D eigenvalue weighted by Gasteiger charge is 2.23. The fraction of sp³-hybridized carbons (Fsp3) is 1.00. The van der Waals surface area contributed by atoms with E-state index in [4.69, 9.17) is 11.6 Å². The van der Waals surface area contributed by atoms with Crippen LogP contribution in [-0.2, 0) is 0 Å². The largest absolute Gasteiger partial charge is 0.300 e. The van der Waals surface area contributed by atoms with Crippen molar-refractivity contribution in [2.45, 2.75) is 39.7 Å². The van der Waals surface area contributed by atoms with E-state index in [0.717, 1.165) is 17.8 Å². The van der Waals surface area contributed by atoms with Gasteiger partial charge in [0.05, 0.1) is 0 Å². The summed E-state index contributed by atoms with van der Waals surface area (Å²) in [4.78, 5) is 2.60. The van der Waals surface area contributed by atoms with Gasteiger partial charge in [-0.25, -0.2) is 0 Å². The van der Waals surface area contributed by atoms with Gasteiger partial charge in [-0.1, -0.05) is 13.8 Å². The Morgan fingerprint density at radius 2 is 2.08 bits per heavy atom. The van der Waals surface area contributed by atoms with E-state index in [9.17, 15) is 0 Å². The van der Waals surface area contributed by atoms with Gasteiger partial charge in [-0.15, -0.1) is 11.6 Å². The second-order valence-electron chi connectivity index (χ2n) is 4.74.